The van der Waals surface area contributed by atoms with Gasteiger partial charge < -0.3 is 10.0 Å². The van der Waals surface area contributed by atoms with E-state index in [9.17, 15) is 9.90 Å². The van der Waals surface area contributed by atoms with E-state index in [4.69, 9.17) is 0 Å². The summed E-state index contributed by atoms with van der Waals surface area (Å²) in [4.78, 5) is 14.2. The lowest BCUT2D eigenvalue weighted by Crippen LogP contribution is -2.36. The largest absolute Gasteiger partial charge is 0.480 e. The number of anilines is 2. The van der Waals surface area contributed by atoms with Gasteiger partial charge in [-0.3, -0.25) is 0 Å². The maximum absolute atomic E-state index is 12.2. The summed E-state index contributed by atoms with van der Waals surface area (Å²) in [6.45, 7) is 1.75. The quantitative estimate of drug-likeness (QED) is 0.354. The minimum Gasteiger partial charge on any atom is -0.480 e. The standard InChI is InChI=1S/C29H27NO2/c1-22(29(31)32)30(27-18-10-8-16-25(27)20-23-12-4-2-5-13-23)28-19-11-9-17-26(28)21-24-14-6-3-7-15-24/h2-19,22H,20-21H2,1H3,(H,31,32). The van der Waals surface area contributed by atoms with Gasteiger partial charge in [-0.1, -0.05) is 97.1 Å². The fraction of sp³-hybridized carbons (Fsp3) is 0.138. The summed E-state index contributed by atoms with van der Waals surface area (Å²) in [5.74, 6) is -0.853. The lowest BCUT2D eigenvalue weighted by molar-refractivity contribution is -0.138. The van der Waals surface area contributed by atoms with Gasteiger partial charge >= 0.3 is 5.97 Å². The Morgan fingerprint density at radius 3 is 1.44 bits per heavy atom. The molecular formula is C29H27NO2. The highest BCUT2D eigenvalue weighted by Crippen LogP contribution is 2.35. The van der Waals surface area contributed by atoms with Crippen LogP contribution in [0.2, 0.25) is 0 Å². The van der Waals surface area contributed by atoms with E-state index in [2.05, 4.69) is 36.4 Å². The molecule has 0 bridgehead atoms. The van der Waals surface area contributed by atoms with Crippen LogP contribution in [0.5, 0.6) is 0 Å². The molecule has 0 saturated heterocycles. The molecule has 1 atom stereocenters. The van der Waals surface area contributed by atoms with E-state index >= 15 is 0 Å². The molecule has 0 spiro atoms. The molecule has 0 aliphatic heterocycles. The third-order valence-electron chi connectivity index (χ3n) is 5.72. The van der Waals surface area contributed by atoms with Crippen molar-refractivity contribution in [2.75, 3.05) is 4.90 Å². The maximum atomic E-state index is 12.2. The van der Waals surface area contributed by atoms with Crippen molar-refractivity contribution >= 4 is 17.3 Å². The van der Waals surface area contributed by atoms with Crippen LogP contribution in [0.15, 0.2) is 109 Å². The molecule has 0 aromatic heterocycles. The number of carboxylic acid groups (broad SMARTS) is 1. The van der Waals surface area contributed by atoms with Crippen molar-refractivity contribution in [1.29, 1.82) is 0 Å². The zero-order chi connectivity index (χ0) is 22.3. The van der Waals surface area contributed by atoms with Crippen LogP contribution in [-0.4, -0.2) is 17.1 Å². The van der Waals surface area contributed by atoms with Gasteiger partial charge in [-0.2, -0.15) is 0 Å². The van der Waals surface area contributed by atoms with Gasteiger partial charge in [0, 0.05) is 11.4 Å². The van der Waals surface area contributed by atoms with Gasteiger partial charge in [0.05, 0.1) is 0 Å². The van der Waals surface area contributed by atoms with Crippen molar-refractivity contribution in [2.45, 2.75) is 25.8 Å². The molecule has 4 aromatic rings. The van der Waals surface area contributed by atoms with Gasteiger partial charge in [0.15, 0.2) is 0 Å². The predicted molar refractivity (Wildman–Crippen MR) is 131 cm³/mol. The fourth-order valence-corrected chi connectivity index (χ4v) is 4.08. The summed E-state index contributed by atoms with van der Waals surface area (Å²) in [7, 11) is 0. The van der Waals surface area contributed by atoms with E-state index < -0.39 is 12.0 Å². The number of para-hydroxylation sites is 2. The van der Waals surface area contributed by atoms with Crippen molar-refractivity contribution in [3.8, 4) is 0 Å². The van der Waals surface area contributed by atoms with Crippen LogP contribution in [0.25, 0.3) is 0 Å². The van der Waals surface area contributed by atoms with Crippen LogP contribution >= 0.6 is 0 Å². The van der Waals surface area contributed by atoms with Crippen molar-refractivity contribution < 1.29 is 9.90 Å². The number of hydrogen-bond acceptors (Lipinski definition) is 2. The molecule has 1 N–H and O–H groups in total. The number of carboxylic acids is 1. The van der Waals surface area contributed by atoms with Crippen LogP contribution in [0.1, 0.15) is 29.2 Å². The first-order chi connectivity index (χ1) is 15.6. The second-order valence-electron chi connectivity index (χ2n) is 7.97. The molecule has 1 unspecified atom stereocenters. The van der Waals surface area contributed by atoms with E-state index in [0.29, 0.717) is 0 Å². The average Bonchev–Trinajstić information content (AvgIpc) is 2.82. The number of nitrogens with zero attached hydrogens (tertiary/aromatic N) is 1. The highest BCUT2D eigenvalue weighted by atomic mass is 16.4. The molecule has 0 heterocycles. The molecule has 160 valence electrons. The van der Waals surface area contributed by atoms with Crippen molar-refractivity contribution in [3.63, 3.8) is 0 Å². The Labute approximate surface area is 189 Å². The first-order valence-corrected chi connectivity index (χ1v) is 10.9. The highest BCUT2D eigenvalue weighted by molar-refractivity contribution is 5.84. The molecule has 0 aliphatic rings. The Balaban J connectivity index is 1.80. The average molecular weight is 422 g/mol. The first kappa shape index (κ1) is 21.4. The summed E-state index contributed by atoms with van der Waals surface area (Å²) in [6, 6.07) is 36.0. The van der Waals surface area contributed by atoms with Crippen LogP contribution in [0, 0.1) is 0 Å². The van der Waals surface area contributed by atoms with E-state index in [-0.39, 0.29) is 0 Å². The zero-order valence-electron chi connectivity index (χ0n) is 18.2. The predicted octanol–water partition coefficient (Wildman–Crippen LogP) is 6.48. The van der Waals surface area contributed by atoms with Gasteiger partial charge in [-0.05, 0) is 54.2 Å². The minimum atomic E-state index is -0.853. The summed E-state index contributed by atoms with van der Waals surface area (Å²) >= 11 is 0. The second-order valence-corrected chi connectivity index (χ2v) is 7.97. The van der Waals surface area contributed by atoms with E-state index in [1.54, 1.807) is 6.92 Å². The van der Waals surface area contributed by atoms with E-state index in [1.165, 1.54) is 11.1 Å². The Morgan fingerprint density at radius 2 is 1.03 bits per heavy atom. The topological polar surface area (TPSA) is 40.5 Å². The lowest BCUT2D eigenvalue weighted by atomic mass is 9.98. The van der Waals surface area contributed by atoms with Crippen molar-refractivity contribution in [1.82, 2.24) is 0 Å². The Morgan fingerprint density at radius 1 is 0.656 bits per heavy atom. The molecule has 0 saturated carbocycles. The lowest BCUT2D eigenvalue weighted by Gasteiger charge is -2.32. The molecule has 4 rings (SSSR count). The smallest absolute Gasteiger partial charge is 0.326 e. The van der Waals surface area contributed by atoms with Crippen LogP contribution in [-0.2, 0) is 17.6 Å². The van der Waals surface area contributed by atoms with Gasteiger partial charge in [-0.15, -0.1) is 0 Å². The monoisotopic (exact) mass is 421 g/mol. The second kappa shape index (κ2) is 9.97. The van der Waals surface area contributed by atoms with Crippen molar-refractivity contribution in [3.05, 3.63) is 131 Å². The zero-order valence-corrected chi connectivity index (χ0v) is 18.2. The van der Waals surface area contributed by atoms with E-state index in [1.807, 2.05) is 77.7 Å². The third-order valence-corrected chi connectivity index (χ3v) is 5.72. The van der Waals surface area contributed by atoms with Gasteiger partial charge in [0.25, 0.3) is 0 Å². The third kappa shape index (κ3) is 4.89. The first-order valence-electron chi connectivity index (χ1n) is 10.9. The normalized spacial score (nSPS) is 11.7. The number of rotatable bonds is 8. The fourth-order valence-electron chi connectivity index (χ4n) is 4.08. The molecular weight excluding hydrogens is 394 g/mol. The molecule has 0 aliphatic carbocycles. The Hall–Kier alpha value is -3.85. The number of carbonyl (C=O) groups is 1. The minimum absolute atomic E-state index is 0.719. The molecule has 3 nitrogen and oxygen atoms in total. The van der Waals surface area contributed by atoms with Gasteiger partial charge in [0.1, 0.15) is 6.04 Å². The molecule has 3 heteroatoms. The summed E-state index contributed by atoms with van der Waals surface area (Å²) in [5.41, 5.74) is 6.43. The highest BCUT2D eigenvalue weighted by Gasteiger charge is 2.26. The van der Waals surface area contributed by atoms with Crippen LogP contribution in [0.3, 0.4) is 0 Å². The molecule has 0 amide bonds. The molecule has 0 radical (unpaired) electrons. The van der Waals surface area contributed by atoms with Crippen LogP contribution < -0.4 is 4.90 Å². The van der Waals surface area contributed by atoms with Crippen LogP contribution in [0.4, 0.5) is 11.4 Å². The Bertz CT molecular complexity index is 1090. The molecule has 0 fully saturated rings. The summed E-state index contributed by atoms with van der Waals surface area (Å²) in [6.07, 6.45) is 1.47. The molecule has 4 aromatic carbocycles. The number of benzene rings is 4. The number of aliphatic carboxylic acids is 1. The van der Waals surface area contributed by atoms with Gasteiger partial charge in [0.2, 0.25) is 0 Å². The van der Waals surface area contributed by atoms with Gasteiger partial charge in [-0.25, -0.2) is 4.79 Å². The molecule has 32 heavy (non-hydrogen) atoms. The van der Waals surface area contributed by atoms with E-state index in [0.717, 1.165) is 35.3 Å². The SMILES string of the molecule is CC(C(=O)O)N(c1ccccc1Cc1ccccc1)c1ccccc1Cc1ccccc1. The Kier molecular flexibility index (Phi) is 6.66. The van der Waals surface area contributed by atoms with Crippen molar-refractivity contribution in [2.24, 2.45) is 0 Å². The number of hydrogen-bond donors (Lipinski definition) is 1. The summed E-state index contributed by atoms with van der Waals surface area (Å²) in [5, 5.41) is 9.99. The maximum Gasteiger partial charge on any atom is 0.326 e. The summed E-state index contributed by atoms with van der Waals surface area (Å²) < 4.78 is 0.